The quantitative estimate of drug-likeness (QED) is 0.252. The van der Waals surface area contributed by atoms with Crippen LogP contribution in [0.1, 0.15) is 11.1 Å². The van der Waals surface area contributed by atoms with Crippen LogP contribution < -0.4 is 4.90 Å². The number of anilines is 3. The highest BCUT2D eigenvalue weighted by Gasteiger charge is 2.12. The average molecular weight is 489 g/mol. The van der Waals surface area contributed by atoms with Crippen molar-refractivity contribution < 1.29 is 0 Å². The van der Waals surface area contributed by atoms with Crippen molar-refractivity contribution in [3.63, 3.8) is 0 Å². The van der Waals surface area contributed by atoms with E-state index in [0.29, 0.717) is 5.56 Å². The second-order valence-electron chi connectivity index (χ2n) is 8.08. The molecule has 5 aromatic carbocycles. The number of halogens is 1. The third kappa shape index (κ3) is 4.39. The molecule has 0 amide bonds. The summed E-state index contributed by atoms with van der Waals surface area (Å²) in [5.41, 5.74) is 7.56. The van der Waals surface area contributed by atoms with Crippen molar-refractivity contribution in [2.75, 3.05) is 4.90 Å². The molecule has 3 heteroatoms. The third-order valence-corrected chi connectivity index (χ3v) is 6.33. The SMILES string of the molecule is Cc1ccc(N(c2ccc(Br)cc2)c2ccc(-c3ccc4cc(C#N)ccc4c3)cc2)cc1. The Kier molecular flexibility index (Phi) is 5.69. The number of hydrogen-bond donors (Lipinski definition) is 0. The molecule has 0 spiro atoms. The summed E-state index contributed by atoms with van der Waals surface area (Å²) in [4.78, 5) is 2.26. The first-order chi connectivity index (χ1) is 16.1. The smallest absolute Gasteiger partial charge is 0.0991 e. The van der Waals surface area contributed by atoms with Crippen LogP contribution in [0.2, 0.25) is 0 Å². The summed E-state index contributed by atoms with van der Waals surface area (Å²) in [5, 5.41) is 11.3. The van der Waals surface area contributed by atoms with Crippen LogP contribution in [0.25, 0.3) is 21.9 Å². The van der Waals surface area contributed by atoms with Crippen LogP contribution in [-0.2, 0) is 0 Å². The van der Waals surface area contributed by atoms with Gasteiger partial charge in [0.15, 0.2) is 0 Å². The van der Waals surface area contributed by atoms with Gasteiger partial charge >= 0.3 is 0 Å². The summed E-state index contributed by atoms with van der Waals surface area (Å²) in [6.07, 6.45) is 0. The fourth-order valence-corrected chi connectivity index (χ4v) is 4.29. The molecule has 0 radical (unpaired) electrons. The van der Waals surface area contributed by atoms with Gasteiger partial charge in [-0.3, -0.25) is 0 Å². The van der Waals surface area contributed by atoms with Crippen LogP contribution in [0.5, 0.6) is 0 Å². The van der Waals surface area contributed by atoms with Gasteiger partial charge in [0.2, 0.25) is 0 Å². The van der Waals surface area contributed by atoms with Gasteiger partial charge in [0, 0.05) is 21.5 Å². The molecule has 0 aliphatic heterocycles. The number of benzene rings is 5. The van der Waals surface area contributed by atoms with Gasteiger partial charge in [-0.1, -0.05) is 64.0 Å². The van der Waals surface area contributed by atoms with Crippen LogP contribution in [0, 0.1) is 18.3 Å². The maximum Gasteiger partial charge on any atom is 0.0991 e. The van der Waals surface area contributed by atoms with E-state index < -0.39 is 0 Å². The van der Waals surface area contributed by atoms with Gasteiger partial charge in [0.25, 0.3) is 0 Å². The maximum atomic E-state index is 9.14. The molecule has 0 N–H and O–H groups in total. The van der Waals surface area contributed by atoms with Crippen LogP contribution in [0.15, 0.2) is 114 Å². The lowest BCUT2D eigenvalue weighted by atomic mass is 10.00. The van der Waals surface area contributed by atoms with E-state index in [1.807, 2.05) is 18.2 Å². The molecule has 158 valence electrons. The van der Waals surface area contributed by atoms with E-state index in [-0.39, 0.29) is 0 Å². The van der Waals surface area contributed by atoms with E-state index in [9.17, 15) is 0 Å². The molecule has 0 bridgehead atoms. The maximum absolute atomic E-state index is 9.14. The molecule has 0 aliphatic carbocycles. The zero-order valence-corrected chi connectivity index (χ0v) is 19.8. The van der Waals surface area contributed by atoms with Crippen molar-refractivity contribution in [2.45, 2.75) is 6.92 Å². The number of hydrogen-bond acceptors (Lipinski definition) is 2. The van der Waals surface area contributed by atoms with Crippen LogP contribution in [0.3, 0.4) is 0 Å². The molecule has 5 rings (SSSR count). The standard InChI is InChI=1S/C30H21BrN2/c1-21-2-12-28(13-3-21)33(30-16-10-27(31)11-17-30)29-14-8-23(9-15-29)25-7-6-24-18-22(20-32)4-5-26(24)19-25/h2-19H,1H3. The molecule has 33 heavy (non-hydrogen) atoms. The Morgan fingerprint density at radius 3 is 1.76 bits per heavy atom. The average Bonchev–Trinajstić information content (AvgIpc) is 2.86. The van der Waals surface area contributed by atoms with E-state index in [0.717, 1.165) is 43.4 Å². The first kappa shape index (κ1) is 21.0. The van der Waals surface area contributed by atoms with E-state index in [4.69, 9.17) is 5.26 Å². The zero-order chi connectivity index (χ0) is 22.8. The summed E-state index contributed by atoms with van der Waals surface area (Å²) in [6.45, 7) is 2.10. The summed E-state index contributed by atoms with van der Waals surface area (Å²) in [5.74, 6) is 0. The first-order valence-electron chi connectivity index (χ1n) is 10.8. The van der Waals surface area contributed by atoms with Crippen molar-refractivity contribution in [1.29, 1.82) is 5.26 Å². The topological polar surface area (TPSA) is 27.0 Å². The third-order valence-electron chi connectivity index (χ3n) is 5.81. The predicted molar refractivity (Wildman–Crippen MR) is 141 cm³/mol. The molecular weight excluding hydrogens is 468 g/mol. The summed E-state index contributed by atoms with van der Waals surface area (Å²) in [7, 11) is 0. The van der Waals surface area contributed by atoms with Crippen LogP contribution >= 0.6 is 15.9 Å². The van der Waals surface area contributed by atoms with E-state index in [1.165, 1.54) is 5.56 Å². The lowest BCUT2D eigenvalue weighted by Gasteiger charge is -2.26. The second-order valence-corrected chi connectivity index (χ2v) is 9.00. The van der Waals surface area contributed by atoms with Crippen molar-refractivity contribution >= 4 is 43.8 Å². The van der Waals surface area contributed by atoms with Gasteiger partial charge in [-0.25, -0.2) is 0 Å². The van der Waals surface area contributed by atoms with Crippen LogP contribution in [0.4, 0.5) is 17.1 Å². The Bertz CT molecular complexity index is 1420. The fraction of sp³-hybridized carbons (Fsp3) is 0.0333. The normalized spacial score (nSPS) is 10.7. The molecule has 0 fully saturated rings. The highest BCUT2D eigenvalue weighted by Crippen LogP contribution is 2.36. The highest BCUT2D eigenvalue weighted by molar-refractivity contribution is 9.10. The highest BCUT2D eigenvalue weighted by atomic mass is 79.9. The van der Waals surface area contributed by atoms with Gasteiger partial charge in [-0.05, 0) is 95.6 Å². The summed E-state index contributed by atoms with van der Waals surface area (Å²) < 4.78 is 1.06. The number of aryl methyl sites for hydroxylation is 1. The minimum Gasteiger partial charge on any atom is -0.311 e. The summed E-state index contributed by atoms with van der Waals surface area (Å²) in [6, 6.07) is 40.0. The Balaban J connectivity index is 1.53. The Morgan fingerprint density at radius 2 is 1.12 bits per heavy atom. The molecule has 0 saturated carbocycles. The second kappa shape index (κ2) is 8.94. The van der Waals surface area contributed by atoms with E-state index in [2.05, 4.69) is 125 Å². The van der Waals surface area contributed by atoms with Gasteiger partial charge in [0.1, 0.15) is 0 Å². The van der Waals surface area contributed by atoms with Crippen molar-refractivity contribution in [3.8, 4) is 17.2 Å². The van der Waals surface area contributed by atoms with E-state index >= 15 is 0 Å². The first-order valence-corrected chi connectivity index (χ1v) is 11.6. The molecule has 0 atom stereocenters. The van der Waals surface area contributed by atoms with Crippen molar-refractivity contribution in [3.05, 3.63) is 125 Å². The largest absolute Gasteiger partial charge is 0.311 e. The molecule has 0 unspecified atom stereocenters. The number of fused-ring (bicyclic) bond motifs is 1. The fourth-order valence-electron chi connectivity index (χ4n) is 4.03. The Morgan fingerprint density at radius 1 is 0.606 bits per heavy atom. The number of rotatable bonds is 4. The molecule has 0 heterocycles. The summed E-state index contributed by atoms with van der Waals surface area (Å²) >= 11 is 3.54. The van der Waals surface area contributed by atoms with Crippen LogP contribution in [-0.4, -0.2) is 0 Å². The molecular formula is C30H21BrN2. The Labute approximate surface area is 202 Å². The predicted octanol–water partition coefficient (Wildman–Crippen LogP) is 8.92. The van der Waals surface area contributed by atoms with Gasteiger partial charge in [0.05, 0.1) is 11.6 Å². The molecule has 2 nitrogen and oxygen atoms in total. The lowest BCUT2D eigenvalue weighted by Crippen LogP contribution is -2.09. The lowest BCUT2D eigenvalue weighted by molar-refractivity contribution is 1.27. The zero-order valence-electron chi connectivity index (χ0n) is 18.2. The number of nitriles is 1. The molecule has 0 saturated heterocycles. The molecule has 5 aromatic rings. The van der Waals surface area contributed by atoms with Gasteiger partial charge in [-0.2, -0.15) is 5.26 Å². The van der Waals surface area contributed by atoms with Gasteiger partial charge < -0.3 is 4.90 Å². The molecule has 0 aromatic heterocycles. The minimum atomic E-state index is 0.684. The van der Waals surface area contributed by atoms with E-state index in [1.54, 1.807) is 0 Å². The number of nitrogens with zero attached hydrogens (tertiary/aromatic N) is 2. The van der Waals surface area contributed by atoms with Crippen molar-refractivity contribution in [1.82, 2.24) is 0 Å². The van der Waals surface area contributed by atoms with Gasteiger partial charge in [-0.15, -0.1) is 0 Å². The van der Waals surface area contributed by atoms with Crippen molar-refractivity contribution in [2.24, 2.45) is 0 Å². The Hall–Kier alpha value is -3.87. The minimum absolute atomic E-state index is 0.684. The molecule has 0 aliphatic rings. The monoisotopic (exact) mass is 488 g/mol.